The molecule has 1 aliphatic rings. The molecule has 148 valence electrons. The molecule has 0 N–H and O–H groups in total. The largest absolute Gasteiger partial charge is 0.343 e. The molecule has 0 saturated carbocycles. The lowest BCUT2D eigenvalue weighted by Gasteiger charge is -2.36. The fourth-order valence-electron chi connectivity index (χ4n) is 3.85. The zero-order valence-electron chi connectivity index (χ0n) is 16.6. The van der Waals surface area contributed by atoms with E-state index in [2.05, 4.69) is 4.98 Å². The van der Waals surface area contributed by atoms with Gasteiger partial charge in [-0.2, -0.15) is 0 Å². The van der Waals surface area contributed by atoms with Gasteiger partial charge in [0, 0.05) is 39.2 Å². The van der Waals surface area contributed by atoms with Crippen LogP contribution in [0.15, 0.2) is 42.6 Å². The Morgan fingerprint density at radius 3 is 2.39 bits per heavy atom. The Kier molecular flexibility index (Phi) is 6.07. The molecule has 0 bridgehead atoms. The third-order valence-corrected chi connectivity index (χ3v) is 5.52. The van der Waals surface area contributed by atoms with Crippen molar-refractivity contribution in [3.63, 3.8) is 0 Å². The number of carbonyl (C=O) groups is 2. The number of hydrogen-bond acceptors (Lipinski definition) is 3. The van der Waals surface area contributed by atoms with Gasteiger partial charge < -0.3 is 9.80 Å². The molecule has 1 aromatic heterocycles. The highest BCUT2D eigenvalue weighted by molar-refractivity contribution is 5.80. The molecule has 0 radical (unpaired) electrons. The SMILES string of the molecule is CC(=O)N1CCC(C(=O)N(C)C(c2ccc(F)cc2)c2ncccc2C)CC1. The van der Waals surface area contributed by atoms with Gasteiger partial charge in [0.1, 0.15) is 5.82 Å². The van der Waals surface area contributed by atoms with Crippen molar-refractivity contribution in [3.8, 4) is 0 Å². The summed E-state index contributed by atoms with van der Waals surface area (Å²) in [6.07, 6.45) is 3.02. The first-order valence-corrected chi connectivity index (χ1v) is 9.57. The van der Waals surface area contributed by atoms with Crippen LogP contribution in [0.3, 0.4) is 0 Å². The zero-order valence-corrected chi connectivity index (χ0v) is 16.6. The first-order valence-electron chi connectivity index (χ1n) is 9.57. The fraction of sp³-hybridized carbons (Fsp3) is 0.409. The van der Waals surface area contributed by atoms with Crippen LogP contribution >= 0.6 is 0 Å². The van der Waals surface area contributed by atoms with E-state index in [-0.39, 0.29) is 29.6 Å². The fourth-order valence-corrected chi connectivity index (χ4v) is 3.85. The van der Waals surface area contributed by atoms with Crippen molar-refractivity contribution in [3.05, 3.63) is 65.2 Å². The zero-order chi connectivity index (χ0) is 20.3. The number of aryl methyl sites for hydroxylation is 1. The molecule has 1 unspecified atom stereocenters. The molecule has 1 aliphatic heterocycles. The maximum Gasteiger partial charge on any atom is 0.226 e. The minimum absolute atomic E-state index is 0.0302. The van der Waals surface area contributed by atoms with Gasteiger partial charge in [-0.25, -0.2) is 4.39 Å². The number of carbonyl (C=O) groups excluding carboxylic acids is 2. The predicted molar refractivity (Wildman–Crippen MR) is 105 cm³/mol. The molecule has 1 aromatic carbocycles. The number of halogens is 1. The minimum atomic E-state index is -0.389. The van der Waals surface area contributed by atoms with Gasteiger partial charge >= 0.3 is 0 Å². The topological polar surface area (TPSA) is 53.5 Å². The number of hydrogen-bond donors (Lipinski definition) is 0. The smallest absolute Gasteiger partial charge is 0.226 e. The Hall–Kier alpha value is -2.76. The van der Waals surface area contributed by atoms with Crippen molar-refractivity contribution in [1.82, 2.24) is 14.8 Å². The molecule has 2 amide bonds. The van der Waals surface area contributed by atoms with E-state index >= 15 is 0 Å². The molecule has 5 nitrogen and oxygen atoms in total. The molecule has 2 heterocycles. The summed E-state index contributed by atoms with van der Waals surface area (Å²) in [7, 11) is 1.78. The van der Waals surface area contributed by atoms with Crippen LogP contribution < -0.4 is 0 Å². The Labute approximate surface area is 165 Å². The Morgan fingerprint density at radius 2 is 1.82 bits per heavy atom. The van der Waals surface area contributed by atoms with E-state index in [4.69, 9.17) is 0 Å². The molecule has 1 fully saturated rings. The van der Waals surface area contributed by atoms with Crippen molar-refractivity contribution in [1.29, 1.82) is 0 Å². The Balaban J connectivity index is 1.88. The van der Waals surface area contributed by atoms with Gasteiger partial charge in [0.2, 0.25) is 11.8 Å². The summed E-state index contributed by atoms with van der Waals surface area (Å²) in [6.45, 7) is 4.72. The van der Waals surface area contributed by atoms with Gasteiger partial charge in [-0.3, -0.25) is 14.6 Å². The summed E-state index contributed by atoms with van der Waals surface area (Å²) in [5.74, 6) is -0.367. The van der Waals surface area contributed by atoms with Gasteiger partial charge in [-0.15, -0.1) is 0 Å². The average Bonchev–Trinajstić information content (AvgIpc) is 2.70. The third-order valence-electron chi connectivity index (χ3n) is 5.52. The second kappa shape index (κ2) is 8.50. The average molecular weight is 383 g/mol. The molecule has 6 heteroatoms. The summed E-state index contributed by atoms with van der Waals surface area (Å²) in [4.78, 5) is 32.8. The van der Waals surface area contributed by atoms with Crippen LogP contribution in [-0.4, -0.2) is 46.7 Å². The number of rotatable bonds is 4. The van der Waals surface area contributed by atoms with Crippen molar-refractivity contribution >= 4 is 11.8 Å². The van der Waals surface area contributed by atoms with E-state index in [1.54, 1.807) is 42.1 Å². The van der Waals surface area contributed by atoms with Crippen LogP contribution in [0.5, 0.6) is 0 Å². The number of aromatic nitrogens is 1. The first-order chi connectivity index (χ1) is 13.4. The van der Waals surface area contributed by atoms with Crippen LogP contribution in [0.2, 0.25) is 0 Å². The quantitative estimate of drug-likeness (QED) is 0.814. The number of pyridine rings is 1. The summed E-state index contributed by atoms with van der Waals surface area (Å²) in [5, 5.41) is 0. The summed E-state index contributed by atoms with van der Waals surface area (Å²) in [6, 6.07) is 9.66. The van der Waals surface area contributed by atoms with E-state index < -0.39 is 0 Å². The molecule has 3 rings (SSSR count). The van der Waals surface area contributed by atoms with Crippen LogP contribution in [0.4, 0.5) is 4.39 Å². The first kappa shape index (κ1) is 20.0. The maximum absolute atomic E-state index is 13.5. The molecule has 1 atom stereocenters. The third kappa shape index (κ3) is 4.21. The lowest BCUT2D eigenvalue weighted by atomic mass is 9.92. The van der Waals surface area contributed by atoms with Gasteiger partial charge in [-0.05, 0) is 49.1 Å². The minimum Gasteiger partial charge on any atom is -0.343 e. The Morgan fingerprint density at radius 1 is 1.18 bits per heavy atom. The van der Waals surface area contributed by atoms with Gasteiger partial charge in [-0.1, -0.05) is 18.2 Å². The van der Waals surface area contributed by atoms with Gasteiger partial charge in [0.15, 0.2) is 0 Å². The van der Waals surface area contributed by atoms with Crippen LogP contribution in [0.25, 0.3) is 0 Å². The van der Waals surface area contributed by atoms with E-state index in [9.17, 15) is 14.0 Å². The van der Waals surface area contributed by atoms with E-state index in [1.165, 1.54) is 12.1 Å². The highest BCUT2D eigenvalue weighted by atomic mass is 19.1. The van der Waals surface area contributed by atoms with Crippen LogP contribution in [0.1, 0.15) is 42.6 Å². The van der Waals surface area contributed by atoms with E-state index in [0.717, 1.165) is 16.8 Å². The standard InChI is InChI=1S/C22H26FN3O2/c1-15-5-4-12-24-20(15)21(17-6-8-19(23)9-7-17)25(3)22(28)18-10-13-26(14-11-18)16(2)27/h4-9,12,18,21H,10-11,13-14H2,1-3H3. The molecular formula is C22H26FN3O2. The van der Waals surface area contributed by atoms with Crippen molar-refractivity contribution in [2.24, 2.45) is 5.92 Å². The van der Waals surface area contributed by atoms with Gasteiger partial charge in [0.05, 0.1) is 11.7 Å². The van der Waals surface area contributed by atoms with Gasteiger partial charge in [0.25, 0.3) is 0 Å². The monoisotopic (exact) mass is 383 g/mol. The van der Waals surface area contributed by atoms with Crippen molar-refractivity contribution < 1.29 is 14.0 Å². The van der Waals surface area contributed by atoms with E-state index in [0.29, 0.717) is 25.9 Å². The lowest BCUT2D eigenvalue weighted by Crippen LogP contribution is -2.44. The summed E-state index contributed by atoms with van der Waals surface area (Å²) < 4.78 is 13.5. The molecule has 1 saturated heterocycles. The van der Waals surface area contributed by atoms with Crippen molar-refractivity contribution in [2.45, 2.75) is 32.7 Å². The molecule has 0 spiro atoms. The number of nitrogens with zero attached hydrogens (tertiary/aromatic N) is 3. The maximum atomic E-state index is 13.5. The number of likely N-dealkylation sites (tertiary alicyclic amines) is 1. The molecular weight excluding hydrogens is 357 g/mol. The predicted octanol–water partition coefficient (Wildman–Crippen LogP) is 3.34. The van der Waals surface area contributed by atoms with Crippen LogP contribution in [0, 0.1) is 18.7 Å². The second-order valence-corrected chi connectivity index (χ2v) is 7.39. The molecule has 28 heavy (non-hydrogen) atoms. The summed E-state index contributed by atoms with van der Waals surface area (Å²) in [5.41, 5.74) is 2.58. The number of benzene rings is 1. The number of piperidine rings is 1. The highest BCUT2D eigenvalue weighted by Crippen LogP contribution is 2.31. The van der Waals surface area contributed by atoms with Crippen LogP contribution in [-0.2, 0) is 9.59 Å². The Bertz CT molecular complexity index is 845. The molecule has 0 aliphatic carbocycles. The van der Waals surface area contributed by atoms with E-state index in [1.807, 2.05) is 19.1 Å². The lowest BCUT2D eigenvalue weighted by molar-refractivity contribution is -0.140. The van der Waals surface area contributed by atoms with Crippen molar-refractivity contribution in [2.75, 3.05) is 20.1 Å². The highest BCUT2D eigenvalue weighted by Gasteiger charge is 2.33. The summed E-state index contributed by atoms with van der Waals surface area (Å²) >= 11 is 0. The normalized spacial score (nSPS) is 15.9. The number of amides is 2. The molecule has 2 aromatic rings. The second-order valence-electron chi connectivity index (χ2n) is 7.39.